The fraction of sp³-hybridized carbons (Fsp3) is 0.100. The molecule has 0 atom stereocenters. The van der Waals surface area contributed by atoms with Gasteiger partial charge in [0.15, 0.2) is 0 Å². The first-order valence-electron chi connectivity index (χ1n) is 14.7. The van der Waals surface area contributed by atoms with E-state index in [0.717, 1.165) is 24.0 Å². The third-order valence-corrected chi connectivity index (χ3v) is 9.23. The molecule has 0 radical (unpaired) electrons. The maximum Gasteiger partial charge on any atom is 0.143 e. The molecular weight excluding hydrogens is 496 g/mol. The van der Waals surface area contributed by atoms with Crippen molar-refractivity contribution >= 4 is 54.3 Å². The molecule has 0 aliphatic heterocycles. The molecule has 1 heterocycles. The van der Waals surface area contributed by atoms with Crippen molar-refractivity contribution in [3.8, 4) is 22.3 Å². The van der Waals surface area contributed by atoms with E-state index in [4.69, 9.17) is 4.42 Å². The van der Waals surface area contributed by atoms with Crippen LogP contribution in [0.4, 0.5) is 0 Å². The SMILES string of the molecule is c1ccc2c(-c3c4ccccc4c(-c4c5c(cc6c4oc4ccccc46)CCCC5)c4ccccc34)cccc2c1. The summed E-state index contributed by atoms with van der Waals surface area (Å²) in [5.74, 6) is 0. The van der Waals surface area contributed by atoms with Gasteiger partial charge in [-0.1, -0.05) is 109 Å². The Hall–Kier alpha value is -4.88. The Morgan fingerprint density at radius 3 is 1.78 bits per heavy atom. The van der Waals surface area contributed by atoms with Crippen LogP contribution < -0.4 is 0 Å². The van der Waals surface area contributed by atoms with Crippen molar-refractivity contribution in [2.24, 2.45) is 0 Å². The largest absolute Gasteiger partial charge is 0.455 e. The third kappa shape index (κ3) is 3.30. The maximum absolute atomic E-state index is 6.77. The second-order valence-electron chi connectivity index (χ2n) is 11.4. The molecule has 0 N–H and O–H groups in total. The van der Waals surface area contributed by atoms with Crippen molar-refractivity contribution in [1.82, 2.24) is 0 Å². The highest BCUT2D eigenvalue weighted by Gasteiger charge is 2.26. The van der Waals surface area contributed by atoms with E-state index < -0.39 is 0 Å². The molecule has 1 aliphatic carbocycles. The fourth-order valence-electron chi connectivity index (χ4n) is 7.47. The van der Waals surface area contributed by atoms with Crippen LogP contribution >= 0.6 is 0 Å². The second kappa shape index (κ2) is 8.81. The van der Waals surface area contributed by atoms with Gasteiger partial charge in [0.25, 0.3) is 0 Å². The zero-order chi connectivity index (χ0) is 26.9. The van der Waals surface area contributed by atoms with Crippen LogP contribution in [0.15, 0.2) is 126 Å². The molecule has 0 unspecified atom stereocenters. The highest BCUT2D eigenvalue weighted by Crippen LogP contribution is 2.50. The van der Waals surface area contributed by atoms with E-state index in [2.05, 4.69) is 121 Å². The standard InChI is InChI=1S/C40H28O/c1-3-15-27-25(12-1)14-11-22-30(27)37-31-18-5-7-20-33(31)38(34-21-8-6-19-32(34)37)39-28-16-4-2-13-26(28)24-35-29-17-9-10-23-36(29)41-40(35)39/h1,3,5-12,14-15,17-24H,2,4,13,16H2. The van der Waals surface area contributed by atoms with E-state index in [-0.39, 0.29) is 0 Å². The van der Waals surface area contributed by atoms with Gasteiger partial charge in [0.05, 0.1) is 0 Å². The Morgan fingerprint density at radius 2 is 1.02 bits per heavy atom. The van der Waals surface area contributed by atoms with Gasteiger partial charge < -0.3 is 4.42 Å². The lowest BCUT2D eigenvalue weighted by Gasteiger charge is -2.24. The van der Waals surface area contributed by atoms with Gasteiger partial charge in [-0.15, -0.1) is 0 Å². The number of para-hydroxylation sites is 1. The first kappa shape index (κ1) is 22.9. The first-order valence-corrected chi connectivity index (χ1v) is 14.7. The predicted octanol–water partition coefficient (Wildman–Crippen LogP) is 11.3. The summed E-state index contributed by atoms with van der Waals surface area (Å²) < 4.78 is 6.77. The van der Waals surface area contributed by atoms with E-state index in [1.54, 1.807) is 0 Å². The van der Waals surface area contributed by atoms with E-state index in [0.29, 0.717) is 0 Å². The highest BCUT2D eigenvalue weighted by atomic mass is 16.3. The van der Waals surface area contributed by atoms with Gasteiger partial charge in [0.2, 0.25) is 0 Å². The number of hydrogen-bond donors (Lipinski definition) is 0. The number of aryl methyl sites for hydroxylation is 1. The summed E-state index contributed by atoms with van der Waals surface area (Å²) in [7, 11) is 0. The van der Waals surface area contributed by atoms with Crippen LogP contribution in [0.1, 0.15) is 24.0 Å². The number of hydrogen-bond acceptors (Lipinski definition) is 1. The third-order valence-electron chi connectivity index (χ3n) is 9.23. The monoisotopic (exact) mass is 524 g/mol. The lowest BCUT2D eigenvalue weighted by molar-refractivity contribution is 0.661. The Labute approximate surface area is 238 Å². The summed E-state index contributed by atoms with van der Waals surface area (Å²) >= 11 is 0. The van der Waals surface area contributed by atoms with Gasteiger partial charge in [0.1, 0.15) is 11.2 Å². The molecule has 0 bridgehead atoms. The molecule has 1 heteroatoms. The summed E-state index contributed by atoms with van der Waals surface area (Å²) in [6.45, 7) is 0. The number of rotatable bonds is 2. The van der Waals surface area contributed by atoms with Crippen molar-refractivity contribution in [2.45, 2.75) is 25.7 Å². The zero-order valence-electron chi connectivity index (χ0n) is 22.8. The lowest BCUT2D eigenvalue weighted by atomic mass is 9.79. The maximum atomic E-state index is 6.77. The molecule has 194 valence electrons. The molecule has 0 fully saturated rings. The molecule has 1 aliphatic rings. The summed E-state index contributed by atoms with van der Waals surface area (Å²) in [5, 5.41) is 10.1. The van der Waals surface area contributed by atoms with Crippen molar-refractivity contribution in [1.29, 1.82) is 0 Å². The van der Waals surface area contributed by atoms with Crippen molar-refractivity contribution in [3.05, 3.63) is 132 Å². The molecule has 0 spiro atoms. The minimum absolute atomic E-state index is 0.965. The molecule has 0 amide bonds. The van der Waals surface area contributed by atoms with Gasteiger partial charge >= 0.3 is 0 Å². The predicted molar refractivity (Wildman–Crippen MR) is 174 cm³/mol. The van der Waals surface area contributed by atoms with Crippen molar-refractivity contribution < 1.29 is 4.42 Å². The molecule has 0 saturated carbocycles. The highest BCUT2D eigenvalue weighted by molar-refractivity contribution is 6.26. The molecule has 41 heavy (non-hydrogen) atoms. The van der Waals surface area contributed by atoms with Crippen molar-refractivity contribution in [2.75, 3.05) is 0 Å². The topological polar surface area (TPSA) is 13.1 Å². The molecule has 1 aromatic heterocycles. The molecule has 8 aromatic rings. The van der Waals surface area contributed by atoms with Crippen LogP contribution in [0.3, 0.4) is 0 Å². The summed E-state index contributed by atoms with van der Waals surface area (Å²) in [6, 6.07) is 44.4. The van der Waals surface area contributed by atoms with Crippen LogP contribution in [0.5, 0.6) is 0 Å². The van der Waals surface area contributed by atoms with Gasteiger partial charge in [-0.2, -0.15) is 0 Å². The average molecular weight is 525 g/mol. The normalized spacial score (nSPS) is 13.5. The average Bonchev–Trinajstić information content (AvgIpc) is 3.41. The quantitative estimate of drug-likeness (QED) is 0.205. The fourth-order valence-corrected chi connectivity index (χ4v) is 7.47. The zero-order valence-corrected chi connectivity index (χ0v) is 22.8. The number of benzene rings is 7. The number of furan rings is 1. The van der Waals surface area contributed by atoms with Gasteiger partial charge in [-0.3, -0.25) is 0 Å². The Balaban J connectivity index is 1.50. The Morgan fingerprint density at radius 1 is 0.439 bits per heavy atom. The van der Waals surface area contributed by atoms with Crippen LogP contribution in [0.2, 0.25) is 0 Å². The smallest absolute Gasteiger partial charge is 0.143 e. The molecule has 1 nitrogen and oxygen atoms in total. The molecular formula is C40H28O. The lowest BCUT2D eigenvalue weighted by Crippen LogP contribution is -2.05. The minimum atomic E-state index is 0.965. The number of fused-ring (bicyclic) bond motifs is 7. The van der Waals surface area contributed by atoms with Crippen molar-refractivity contribution in [3.63, 3.8) is 0 Å². The van der Waals surface area contributed by atoms with Gasteiger partial charge in [0, 0.05) is 21.9 Å². The molecule has 7 aromatic carbocycles. The van der Waals surface area contributed by atoms with E-state index in [1.165, 1.54) is 89.3 Å². The van der Waals surface area contributed by atoms with Crippen LogP contribution in [-0.4, -0.2) is 0 Å². The Kier molecular flexibility index (Phi) is 4.92. The van der Waals surface area contributed by atoms with Crippen LogP contribution in [0.25, 0.3) is 76.5 Å². The van der Waals surface area contributed by atoms with Crippen LogP contribution in [0, 0.1) is 0 Å². The minimum Gasteiger partial charge on any atom is -0.455 e. The molecule has 9 rings (SSSR count). The molecule has 0 saturated heterocycles. The van der Waals surface area contributed by atoms with E-state index in [9.17, 15) is 0 Å². The summed E-state index contributed by atoms with van der Waals surface area (Å²) in [6.07, 6.45) is 4.68. The second-order valence-corrected chi connectivity index (χ2v) is 11.4. The van der Waals surface area contributed by atoms with Crippen LogP contribution in [-0.2, 0) is 12.8 Å². The van der Waals surface area contributed by atoms with E-state index >= 15 is 0 Å². The first-order chi connectivity index (χ1) is 20.4. The summed E-state index contributed by atoms with van der Waals surface area (Å²) in [4.78, 5) is 0. The Bertz CT molecular complexity index is 2250. The van der Waals surface area contributed by atoms with Gasteiger partial charge in [-0.25, -0.2) is 0 Å². The summed E-state index contributed by atoms with van der Waals surface area (Å²) in [5.41, 5.74) is 10.1. The van der Waals surface area contributed by atoms with Gasteiger partial charge in [-0.05, 0) is 92.4 Å². The van der Waals surface area contributed by atoms with E-state index in [1.807, 2.05) is 0 Å².